The van der Waals surface area contributed by atoms with Crippen molar-refractivity contribution in [3.05, 3.63) is 36.8 Å². The minimum Gasteiger partial charge on any atom is -0.467 e. The first kappa shape index (κ1) is 7.00. The molecule has 0 unspecified atom stereocenters. The molecule has 16 heavy (non-hydrogen) atoms. The van der Waals surface area contributed by atoms with Crippen LogP contribution in [0.25, 0.3) is 11.5 Å². The van der Waals surface area contributed by atoms with Gasteiger partial charge < -0.3 is 14.7 Å². The van der Waals surface area contributed by atoms with E-state index in [2.05, 4.69) is 15.0 Å². The lowest BCUT2D eigenvalue weighted by atomic mass is 10.3. The highest BCUT2D eigenvalue weighted by Gasteiger charge is 2.12. The average Bonchev–Trinajstić information content (AvgIpc) is 2.98. The van der Waals surface area contributed by atoms with E-state index in [9.17, 15) is 0 Å². The Bertz CT molecular complexity index is 623. The van der Waals surface area contributed by atoms with Gasteiger partial charge in [-0.2, -0.15) is 0 Å². The van der Waals surface area contributed by atoms with E-state index < -0.39 is 0 Å². The summed E-state index contributed by atoms with van der Waals surface area (Å²) in [4.78, 5) is 12.9. The number of H-pyrrole nitrogens is 1. The maximum Gasteiger partial charge on any atom is 0.184 e. The van der Waals surface area contributed by atoms with Gasteiger partial charge in [-0.05, 0) is 12.1 Å². The van der Waals surface area contributed by atoms with Gasteiger partial charge in [-0.15, -0.1) is 0 Å². The molecule has 0 amide bonds. The van der Waals surface area contributed by atoms with Gasteiger partial charge in [-0.25, -0.2) is 15.0 Å². The number of anilines is 1. The second-order valence-corrected chi connectivity index (χ2v) is 3.14. The van der Waals surface area contributed by atoms with E-state index >= 15 is 0 Å². The highest BCUT2D eigenvalue weighted by molar-refractivity contribution is 5.65. The number of fused-ring (bicyclic) bond motifs is 1. The van der Waals surface area contributed by atoms with Crippen LogP contribution in [0.15, 0.2) is 35.5 Å². The van der Waals surface area contributed by atoms with Crippen LogP contribution in [0, 0.1) is 0 Å². The third kappa shape index (κ3) is 1.50. The summed E-state index contributed by atoms with van der Waals surface area (Å²) in [5, 5.41) is 1.13. The number of rotatable bonds is 3. The Balaban J connectivity index is 1.98. The van der Waals surface area contributed by atoms with Crippen LogP contribution in [0.5, 0.6) is 0 Å². The maximum absolute atomic E-state index is 7.99. The summed E-state index contributed by atoms with van der Waals surface area (Å²) in [5.74, 6) is 1.36. The lowest BCUT2D eigenvalue weighted by Crippen LogP contribution is -2.03. The van der Waals surface area contributed by atoms with Gasteiger partial charge in [0.25, 0.3) is 0 Å². The van der Waals surface area contributed by atoms with Crippen molar-refractivity contribution in [1.82, 2.24) is 19.9 Å². The fraction of sp³-hybridized carbons (Fsp3) is 0.100. The lowest BCUT2D eigenvalue weighted by molar-refractivity contribution is 0.518. The second-order valence-electron chi connectivity index (χ2n) is 3.14. The van der Waals surface area contributed by atoms with Crippen LogP contribution in [-0.4, -0.2) is 19.9 Å². The molecular formula is C10H9N5O. The topological polar surface area (TPSA) is 79.6 Å². The minimum absolute atomic E-state index is 0.220. The molecule has 2 N–H and O–H groups in total. The summed E-state index contributed by atoms with van der Waals surface area (Å²) in [6, 6.07) is 3.52. The molecule has 0 radical (unpaired) electrons. The first-order valence-electron chi connectivity index (χ1n) is 5.61. The van der Waals surface area contributed by atoms with E-state index in [1.54, 1.807) is 18.4 Å². The van der Waals surface area contributed by atoms with Crippen LogP contribution in [0.4, 0.5) is 5.82 Å². The van der Waals surface area contributed by atoms with Crippen molar-refractivity contribution in [3.8, 4) is 11.5 Å². The Hall–Kier alpha value is -2.37. The Labute approximate surface area is 94.0 Å². The van der Waals surface area contributed by atoms with Crippen LogP contribution in [-0.2, 0) is 6.54 Å². The van der Waals surface area contributed by atoms with Crippen LogP contribution in [0.2, 0.25) is 2.82 Å². The van der Waals surface area contributed by atoms with E-state index in [1.165, 1.54) is 12.7 Å². The zero-order chi connectivity index (χ0) is 12.5. The van der Waals surface area contributed by atoms with Gasteiger partial charge >= 0.3 is 0 Å². The fourth-order valence-corrected chi connectivity index (χ4v) is 1.38. The molecule has 0 fully saturated rings. The molecule has 0 spiro atoms. The number of aromatic amines is 1. The Morgan fingerprint density at radius 2 is 2.50 bits per heavy atom. The maximum atomic E-state index is 7.99. The molecule has 1 aromatic heterocycles. The Kier molecular flexibility index (Phi) is 1.60. The molecule has 0 aromatic carbocycles. The molecule has 0 aliphatic carbocycles. The molecular weight excluding hydrogens is 206 g/mol. The number of imidazole rings is 1. The number of aromatic nitrogens is 4. The lowest BCUT2D eigenvalue weighted by Gasteiger charge is -2.06. The summed E-state index contributed by atoms with van der Waals surface area (Å²) in [6.45, 7) is 0.220. The van der Waals surface area contributed by atoms with E-state index in [0.29, 0.717) is 23.1 Å². The van der Waals surface area contributed by atoms with Gasteiger partial charge in [0.05, 0.1) is 19.1 Å². The van der Waals surface area contributed by atoms with E-state index in [-0.39, 0.29) is 6.54 Å². The SMILES string of the molecule is [2H]N(Cc1ccco1)c1c2ncnc-2ncn1[2H]. The van der Waals surface area contributed by atoms with Gasteiger partial charge in [0.2, 0.25) is 0 Å². The average molecular weight is 217 g/mol. The van der Waals surface area contributed by atoms with Crippen LogP contribution < -0.4 is 5.31 Å². The van der Waals surface area contributed by atoms with Crippen molar-refractivity contribution < 1.29 is 7.24 Å². The number of furan rings is 1. The molecule has 3 rings (SSSR count). The molecule has 0 saturated heterocycles. The monoisotopic (exact) mass is 217 g/mol. The van der Waals surface area contributed by atoms with E-state index in [4.69, 9.17) is 7.24 Å². The van der Waals surface area contributed by atoms with Crippen molar-refractivity contribution in [2.45, 2.75) is 6.54 Å². The van der Waals surface area contributed by atoms with Gasteiger partial charge in [-0.3, -0.25) is 0 Å². The Morgan fingerprint density at radius 1 is 1.50 bits per heavy atom. The zero-order valence-electron chi connectivity index (χ0n) is 10.2. The smallest absolute Gasteiger partial charge is 0.184 e. The van der Waals surface area contributed by atoms with Crippen LogP contribution in [0.1, 0.15) is 5.76 Å². The molecule has 0 bridgehead atoms. The third-order valence-corrected chi connectivity index (χ3v) is 2.12. The minimum atomic E-state index is 0.220. The van der Waals surface area contributed by atoms with Gasteiger partial charge in [0.1, 0.15) is 23.6 Å². The number of nitrogens with zero attached hydrogens (tertiary/aromatic N) is 3. The fourth-order valence-electron chi connectivity index (χ4n) is 1.38. The normalized spacial score (nSPS) is 12.5. The largest absolute Gasteiger partial charge is 0.467 e. The molecule has 2 aliphatic rings. The summed E-state index contributed by atoms with van der Waals surface area (Å²) in [6.07, 6.45) is 4.19. The molecule has 0 saturated carbocycles. The summed E-state index contributed by atoms with van der Waals surface area (Å²) >= 11 is 0. The van der Waals surface area contributed by atoms with Crippen molar-refractivity contribution in [2.24, 2.45) is 0 Å². The summed E-state index contributed by atoms with van der Waals surface area (Å²) < 4.78 is 20.9. The van der Waals surface area contributed by atoms with Crippen molar-refractivity contribution in [2.75, 3.05) is 5.31 Å². The molecule has 6 heteroatoms. The summed E-state index contributed by atoms with van der Waals surface area (Å²) in [5.41, 5.74) is 0.425. The van der Waals surface area contributed by atoms with Crippen molar-refractivity contribution in [3.63, 3.8) is 0 Å². The van der Waals surface area contributed by atoms with Gasteiger partial charge in [-0.1, -0.05) is 0 Å². The van der Waals surface area contributed by atoms with Crippen molar-refractivity contribution in [1.29, 1.82) is 0 Å². The van der Waals surface area contributed by atoms with Crippen molar-refractivity contribution >= 4 is 5.82 Å². The quantitative estimate of drug-likeness (QED) is 0.695. The van der Waals surface area contributed by atoms with E-state index in [1.807, 2.05) is 0 Å². The molecule has 80 valence electrons. The third-order valence-electron chi connectivity index (χ3n) is 2.12. The number of nitrogens with one attached hydrogen (secondary N) is 2. The molecule has 1 aromatic rings. The number of hydrogen-bond acceptors (Lipinski definition) is 5. The van der Waals surface area contributed by atoms with Crippen LogP contribution >= 0.6 is 0 Å². The molecule has 0 atom stereocenters. The van der Waals surface area contributed by atoms with Gasteiger partial charge in [0, 0.05) is 0 Å². The zero-order valence-corrected chi connectivity index (χ0v) is 8.24. The number of hydrogen-bond donors (Lipinski definition) is 2. The standard InChI is InChI=1S/C10H9N5O/c1-2-7(16-3-1)4-11-9-8-10(13-5-12-8)15-6-14-9/h1-3,5-6H,4H2,(H2,11,12,13,14,15)/i/hD2. The van der Waals surface area contributed by atoms with Crippen LogP contribution in [0.3, 0.4) is 0 Å². The van der Waals surface area contributed by atoms with E-state index in [0.717, 1.165) is 10.3 Å². The molecule has 6 nitrogen and oxygen atoms in total. The Morgan fingerprint density at radius 3 is 3.38 bits per heavy atom. The molecule has 2 aliphatic heterocycles. The second kappa shape index (κ2) is 3.65. The molecule has 3 heterocycles. The van der Waals surface area contributed by atoms with Gasteiger partial charge in [0.15, 0.2) is 8.65 Å². The summed E-state index contributed by atoms with van der Waals surface area (Å²) in [7, 11) is 0. The predicted octanol–water partition coefficient (Wildman–Crippen LogP) is 1.51. The predicted molar refractivity (Wildman–Crippen MR) is 56.8 cm³/mol. The first-order chi connectivity index (χ1) is 8.75. The highest BCUT2D eigenvalue weighted by atomic mass is 16.3. The first-order valence-corrected chi connectivity index (χ1v) is 4.72. The highest BCUT2D eigenvalue weighted by Crippen LogP contribution is 2.21.